The normalized spacial score (nSPS) is 19.1. The van der Waals surface area contributed by atoms with Gasteiger partial charge in [-0.3, -0.25) is 0 Å². The first-order valence-electron chi connectivity index (χ1n) is 6.07. The minimum atomic E-state index is 0.0186. The molecule has 1 fully saturated rings. The summed E-state index contributed by atoms with van der Waals surface area (Å²) in [6.45, 7) is 8.27. The van der Waals surface area contributed by atoms with Gasteiger partial charge in [-0.1, -0.05) is 31.9 Å². The van der Waals surface area contributed by atoms with Crippen molar-refractivity contribution in [2.75, 3.05) is 13.2 Å². The minimum Gasteiger partial charge on any atom is -0.350 e. The zero-order valence-electron chi connectivity index (χ0n) is 10.3. The minimum absolute atomic E-state index is 0.0186. The molecule has 0 spiro atoms. The topological polar surface area (TPSA) is 18.5 Å². The number of rotatable bonds is 6. The van der Waals surface area contributed by atoms with Crippen LogP contribution in [0, 0.1) is 5.92 Å². The first-order valence-corrected chi connectivity index (χ1v) is 6.07. The molecule has 0 radical (unpaired) electrons. The Hall–Kier alpha value is -0.340. The van der Waals surface area contributed by atoms with Crippen LogP contribution in [0.1, 0.15) is 46.5 Å². The van der Waals surface area contributed by atoms with E-state index in [4.69, 9.17) is 9.47 Å². The van der Waals surface area contributed by atoms with Gasteiger partial charge in [-0.15, -0.1) is 0 Å². The third kappa shape index (κ3) is 5.95. The van der Waals surface area contributed by atoms with Gasteiger partial charge in [0.2, 0.25) is 0 Å². The third-order valence-electron chi connectivity index (χ3n) is 2.70. The summed E-state index contributed by atoms with van der Waals surface area (Å²) in [5, 5.41) is 0. The lowest BCUT2D eigenvalue weighted by Gasteiger charge is -2.07. The Labute approximate surface area is 93.7 Å². The van der Waals surface area contributed by atoms with Crippen molar-refractivity contribution in [1.82, 2.24) is 0 Å². The van der Waals surface area contributed by atoms with Crippen LogP contribution in [-0.2, 0) is 9.47 Å². The Morgan fingerprint density at radius 1 is 1.33 bits per heavy atom. The van der Waals surface area contributed by atoms with Gasteiger partial charge in [0.05, 0.1) is 13.2 Å². The molecule has 0 aromatic carbocycles. The maximum Gasteiger partial charge on any atom is 0.161 e. The fourth-order valence-electron chi connectivity index (χ4n) is 1.73. The van der Waals surface area contributed by atoms with Crippen molar-refractivity contribution in [2.45, 2.75) is 52.7 Å². The van der Waals surface area contributed by atoms with Gasteiger partial charge in [0.25, 0.3) is 0 Å². The van der Waals surface area contributed by atoms with Crippen LogP contribution in [0.4, 0.5) is 0 Å². The third-order valence-corrected chi connectivity index (χ3v) is 2.70. The van der Waals surface area contributed by atoms with Crippen LogP contribution in [0.3, 0.4) is 0 Å². The van der Waals surface area contributed by atoms with E-state index in [-0.39, 0.29) is 6.29 Å². The van der Waals surface area contributed by atoms with Gasteiger partial charge < -0.3 is 9.47 Å². The lowest BCUT2D eigenvalue weighted by atomic mass is 10.0. The van der Waals surface area contributed by atoms with Crippen molar-refractivity contribution >= 4 is 0 Å². The molecule has 1 aliphatic rings. The van der Waals surface area contributed by atoms with Crippen molar-refractivity contribution in [2.24, 2.45) is 5.92 Å². The molecule has 1 rings (SSSR count). The van der Waals surface area contributed by atoms with Crippen molar-refractivity contribution < 1.29 is 9.47 Å². The van der Waals surface area contributed by atoms with E-state index in [1.165, 1.54) is 24.8 Å². The fourth-order valence-corrected chi connectivity index (χ4v) is 1.73. The molecule has 88 valence electrons. The highest BCUT2D eigenvalue weighted by molar-refractivity contribution is 4.98. The summed E-state index contributed by atoms with van der Waals surface area (Å²) in [6.07, 6.45) is 7.02. The molecule has 0 aliphatic carbocycles. The van der Waals surface area contributed by atoms with Gasteiger partial charge in [-0.05, 0) is 25.7 Å². The van der Waals surface area contributed by atoms with Crippen molar-refractivity contribution in [3.8, 4) is 0 Å². The fraction of sp³-hybridized carbons (Fsp3) is 0.846. The molecule has 0 N–H and O–H groups in total. The van der Waals surface area contributed by atoms with Crippen LogP contribution < -0.4 is 0 Å². The van der Waals surface area contributed by atoms with Crippen LogP contribution in [0.15, 0.2) is 11.6 Å². The van der Waals surface area contributed by atoms with Gasteiger partial charge in [-0.25, -0.2) is 0 Å². The molecular formula is C13H24O2. The Kier molecular flexibility index (Phi) is 5.96. The summed E-state index contributed by atoms with van der Waals surface area (Å²) in [5.74, 6) is 0.819. The Morgan fingerprint density at radius 2 is 2.00 bits per heavy atom. The van der Waals surface area contributed by atoms with Crippen molar-refractivity contribution in [3.63, 3.8) is 0 Å². The number of ether oxygens (including phenoxy) is 2. The summed E-state index contributed by atoms with van der Waals surface area (Å²) >= 11 is 0. The van der Waals surface area contributed by atoms with E-state index in [1.54, 1.807) is 0 Å². The number of hydrogen-bond acceptors (Lipinski definition) is 2. The van der Waals surface area contributed by atoms with Crippen LogP contribution >= 0.6 is 0 Å². The molecule has 0 saturated carbocycles. The summed E-state index contributed by atoms with van der Waals surface area (Å²) in [4.78, 5) is 0. The second-order valence-electron chi connectivity index (χ2n) is 4.74. The van der Waals surface area contributed by atoms with Crippen molar-refractivity contribution in [3.05, 3.63) is 11.6 Å². The van der Waals surface area contributed by atoms with Crippen LogP contribution in [0.25, 0.3) is 0 Å². The molecule has 1 heterocycles. The van der Waals surface area contributed by atoms with E-state index < -0.39 is 0 Å². The van der Waals surface area contributed by atoms with Gasteiger partial charge in [-0.2, -0.15) is 0 Å². The average molecular weight is 212 g/mol. The van der Waals surface area contributed by atoms with E-state index in [9.17, 15) is 0 Å². The maximum absolute atomic E-state index is 5.38. The molecule has 0 aromatic rings. The van der Waals surface area contributed by atoms with E-state index >= 15 is 0 Å². The van der Waals surface area contributed by atoms with E-state index in [0.29, 0.717) is 0 Å². The quantitative estimate of drug-likeness (QED) is 0.627. The Morgan fingerprint density at radius 3 is 2.60 bits per heavy atom. The molecule has 0 unspecified atom stereocenters. The summed E-state index contributed by atoms with van der Waals surface area (Å²) in [6, 6.07) is 0. The standard InChI is InChI=1S/C13H24O2/c1-11(2)5-4-6-12(3)7-8-13-14-9-10-15-13/h7,11,13H,4-6,8-10H2,1-3H3/b12-7-. The highest BCUT2D eigenvalue weighted by atomic mass is 16.7. The van der Waals surface area contributed by atoms with E-state index in [0.717, 1.165) is 25.6 Å². The zero-order chi connectivity index (χ0) is 11.1. The van der Waals surface area contributed by atoms with Crippen LogP contribution in [0.5, 0.6) is 0 Å². The monoisotopic (exact) mass is 212 g/mol. The molecule has 0 aromatic heterocycles. The Bertz CT molecular complexity index is 191. The molecule has 1 aliphatic heterocycles. The zero-order valence-corrected chi connectivity index (χ0v) is 10.3. The van der Waals surface area contributed by atoms with Crippen LogP contribution in [-0.4, -0.2) is 19.5 Å². The van der Waals surface area contributed by atoms with Crippen LogP contribution in [0.2, 0.25) is 0 Å². The molecule has 0 amide bonds. The summed E-state index contributed by atoms with van der Waals surface area (Å²) in [5.41, 5.74) is 1.47. The summed E-state index contributed by atoms with van der Waals surface area (Å²) < 4.78 is 10.8. The molecule has 0 atom stereocenters. The molecule has 2 nitrogen and oxygen atoms in total. The molecule has 2 heteroatoms. The Balaban J connectivity index is 2.09. The van der Waals surface area contributed by atoms with Gasteiger partial charge >= 0.3 is 0 Å². The maximum atomic E-state index is 5.38. The number of hydrogen-bond donors (Lipinski definition) is 0. The number of allylic oxidation sites excluding steroid dienone is 1. The van der Waals surface area contributed by atoms with E-state index in [1.807, 2.05) is 0 Å². The van der Waals surface area contributed by atoms with E-state index in [2.05, 4.69) is 26.8 Å². The van der Waals surface area contributed by atoms with Gasteiger partial charge in [0, 0.05) is 6.42 Å². The molecule has 0 bridgehead atoms. The second kappa shape index (κ2) is 7.02. The van der Waals surface area contributed by atoms with Crippen molar-refractivity contribution in [1.29, 1.82) is 0 Å². The first kappa shape index (κ1) is 12.7. The molecule has 1 saturated heterocycles. The lowest BCUT2D eigenvalue weighted by Crippen LogP contribution is -2.05. The average Bonchev–Trinajstić information content (AvgIpc) is 2.66. The largest absolute Gasteiger partial charge is 0.350 e. The predicted octanol–water partition coefficient (Wildman–Crippen LogP) is 3.52. The first-order chi connectivity index (χ1) is 7.18. The van der Waals surface area contributed by atoms with Gasteiger partial charge in [0.1, 0.15) is 0 Å². The predicted molar refractivity (Wildman–Crippen MR) is 62.8 cm³/mol. The SMILES string of the molecule is C/C(=C/CC1OCCO1)CCCC(C)C. The molecular weight excluding hydrogens is 188 g/mol. The highest BCUT2D eigenvalue weighted by Gasteiger charge is 2.13. The lowest BCUT2D eigenvalue weighted by molar-refractivity contribution is -0.0381. The smallest absolute Gasteiger partial charge is 0.161 e. The van der Waals surface area contributed by atoms with Gasteiger partial charge in [0.15, 0.2) is 6.29 Å². The highest BCUT2D eigenvalue weighted by Crippen LogP contribution is 2.14. The second-order valence-corrected chi connectivity index (χ2v) is 4.74. The summed E-state index contributed by atoms with van der Waals surface area (Å²) in [7, 11) is 0. The molecule has 15 heavy (non-hydrogen) atoms.